The Balaban J connectivity index is 1.71. The van der Waals surface area contributed by atoms with E-state index in [1.54, 1.807) is 18.5 Å². The molecule has 0 bridgehead atoms. The molecule has 0 spiro atoms. The summed E-state index contributed by atoms with van der Waals surface area (Å²) in [5.74, 6) is -0.314. The standard InChI is InChI=1S/C22H16ClFN4O/c23-17-13-16(6-7-18(17)24)21-20(15-8-10-25-11-9-15)22(28-27-21)26-19(29)12-14-4-2-1-3-5-14/h1-11,13H,12H2,(H2,26,27,28,29). The number of aromatic amines is 1. The summed E-state index contributed by atoms with van der Waals surface area (Å²) in [7, 11) is 0. The third kappa shape index (κ3) is 4.17. The number of rotatable bonds is 5. The molecule has 1 amide bonds. The molecule has 4 rings (SSSR count). The molecule has 0 atom stereocenters. The number of benzene rings is 2. The summed E-state index contributed by atoms with van der Waals surface area (Å²) < 4.78 is 13.6. The number of halogens is 2. The Morgan fingerprint density at radius 3 is 2.52 bits per heavy atom. The number of aromatic nitrogens is 3. The van der Waals surface area contributed by atoms with Crippen molar-refractivity contribution in [3.8, 4) is 22.4 Å². The maximum atomic E-state index is 13.6. The number of nitrogens with zero attached hydrogens (tertiary/aromatic N) is 2. The van der Waals surface area contributed by atoms with E-state index in [1.807, 2.05) is 42.5 Å². The van der Waals surface area contributed by atoms with Gasteiger partial charge in [0.2, 0.25) is 5.91 Å². The molecule has 0 saturated heterocycles. The van der Waals surface area contributed by atoms with Crippen LogP contribution >= 0.6 is 11.6 Å². The molecule has 5 nitrogen and oxygen atoms in total. The molecule has 2 N–H and O–H groups in total. The number of hydrogen-bond donors (Lipinski definition) is 2. The molecule has 2 heterocycles. The van der Waals surface area contributed by atoms with Gasteiger partial charge in [0.1, 0.15) is 5.82 Å². The van der Waals surface area contributed by atoms with Crippen LogP contribution in [0.4, 0.5) is 10.2 Å². The van der Waals surface area contributed by atoms with Crippen molar-refractivity contribution in [2.24, 2.45) is 0 Å². The molecule has 7 heteroatoms. The van der Waals surface area contributed by atoms with Gasteiger partial charge in [0.05, 0.1) is 22.7 Å². The first-order valence-corrected chi connectivity index (χ1v) is 9.27. The van der Waals surface area contributed by atoms with Crippen LogP contribution in [0, 0.1) is 5.82 Å². The quantitative estimate of drug-likeness (QED) is 0.483. The zero-order valence-electron chi connectivity index (χ0n) is 15.2. The predicted octanol–water partition coefficient (Wildman–Crippen LogP) is 5.11. The third-order valence-electron chi connectivity index (χ3n) is 4.41. The van der Waals surface area contributed by atoms with Crippen molar-refractivity contribution in [3.05, 3.63) is 89.5 Å². The van der Waals surface area contributed by atoms with Gasteiger partial charge in [-0.05, 0) is 41.5 Å². The van der Waals surface area contributed by atoms with E-state index in [4.69, 9.17) is 11.6 Å². The highest BCUT2D eigenvalue weighted by molar-refractivity contribution is 6.31. The maximum absolute atomic E-state index is 13.6. The van der Waals surface area contributed by atoms with E-state index in [-0.39, 0.29) is 17.4 Å². The van der Waals surface area contributed by atoms with E-state index < -0.39 is 5.82 Å². The third-order valence-corrected chi connectivity index (χ3v) is 4.70. The number of H-pyrrole nitrogens is 1. The molecule has 0 radical (unpaired) electrons. The van der Waals surface area contributed by atoms with Gasteiger partial charge in [-0.2, -0.15) is 5.10 Å². The molecule has 0 fully saturated rings. The lowest BCUT2D eigenvalue weighted by atomic mass is 10.0. The summed E-state index contributed by atoms with van der Waals surface area (Å²) in [5.41, 5.74) is 3.65. The Kier molecular flexibility index (Phi) is 5.35. The van der Waals surface area contributed by atoms with Crippen molar-refractivity contribution >= 4 is 23.3 Å². The number of nitrogens with one attached hydrogen (secondary N) is 2. The lowest BCUT2D eigenvalue weighted by Crippen LogP contribution is -2.15. The maximum Gasteiger partial charge on any atom is 0.230 e. The second-order valence-corrected chi connectivity index (χ2v) is 6.80. The van der Waals surface area contributed by atoms with Gasteiger partial charge in [0, 0.05) is 18.0 Å². The Morgan fingerprint density at radius 1 is 1.03 bits per heavy atom. The van der Waals surface area contributed by atoms with E-state index in [9.17, 15) is 9.18 Å². The molecule has 0 aliphatic carbocycles. The van der Waals surface area contributed by atoms with E-state index in [0.29, 0.717) is 22.6 Å². The topological polar surface area (TPSA) is 70.7 Å². The highest BCUT2D eigenvalue weighted by Crippen LogP contribution is 2.37. The minimum absolute atomic E-state index is 0.00689. The lowest BCUT2D eigenvalue weighted by molar-refractivity contribution is -0.115. The fraction of sp³-hybridized carbons (Fsp3) is 0.0455. The minimum Gasteiger partial charge on any atom is -0.308 e. The van der Waals surface area contributed by atoms with Crippen molar-refractivity contribution in [1.82, 2.24) is 15.2 Å². The average molecular weight is 407 g/mol. The van der Waals surface area contributed by atoms with Gasteiger partial charge in [-0.15, -0.1) is 0 Å². The molecule has 0 aliphatic heterocycles. The minimum atomic E-state index is -0.503. The Bertz CT molecular complexity index is 1150. The van der Waals surface area contributed by atoms with Gasteiger partial charge in [-0.3, -0.25) is 14.9 Å². The highest BCUT2D eigenvalue weighted by atomic mass is 35.5. The van der Waals surface area contributed by atoms with Crippen molar-refractivity contribution in [3.63, 3.8) is 0 Å². The van der Waals surface area contributed by atoms with Crippen molar-refractivity contribution < 1.29 is 9.18 Å². The molecule has 144 valence electrons. The van der Waals surface area contributed by atoms with E-state index in [2.05, 4.69) is 20.5 Å². The van der Waals surface area contributed by atoms with Crippen molar-refractivity contribution in [1.29, 1.82) is 0 Å². The molecule has 4 aromatic rings. The van der Waals surface area contributed by atoms with Crippen LogP contribution in [-0.2, 0) is 11.2 Å². The Hall–Kier alpha value is -3.51. The van der Waals surface area contributed by atoms with E-state index >= 15 is 0 Å². The van der Waals surface area contributed by atoms with Crippen molar-refractivity contribution in [2.45, 2.75) is 6.42 Å². The van der Waals surface area contributed by atoms with Crippen LogP contribution in [0.3, 0.4) is 0 Å². The van der Waals surface area contributed by atoms with Crippen LogP contribution in [0.1, 0.15) is 5.56 Å². The number of carbonyl (C=O) groups excluding carboxylic acids is 1. The van der Waals surface area contributed by atoms with Gasteiger partial charge in [0.25, 0.3) is 0 Å². The zero-order valence-corrected chi connectivity index (χ0v) is 15.9. The second-order valence-electron chi connectivity index (χ2n) is 6.40. The highest BCUT2D eigenvalue weighted by Gasteiger charge is 2.19. The fourth-order valence-electron chi connectivity index (χ4n) is 3.05. The van der Waals surface area contributed by atoms with Gasteiger partial charge < -0.3 is 5.32 Å². The van der Waals surface area contributed by atoms with E-state index in [1.165, 1.54) is 12.1 Å². The largest absolute Gasteiger partial charge is 0.308 e. The average Bonchev–Trinajstić information content (AvgIpc) is 3.14. The number of anilines is 1. The number of pyridine rings is 1. The molecule has 0 aliphatic rings. The number of carbonyl (C=O) groups is 1. The van der Waals surface area contributed by atoms with Crippen LogP contribution in [0.15, 0.2) is 73.1 Å². The summed E-state index contributed by atoms with van der Waals surface area (Å²) >= 11 is 5.95. The summed E-state index contributed by atoms with van der Waals surface area (Å²) in [5, 5.41) is 10.1. The molecule has 2 aromatic heterocycles. The SMILES string of the molecule is O=C(Cc1ccccc1)Nc1n[nH]c(-c2ccc(F)c(Cl)c2)c1-c1ccncc1. The van der Waals surface area contributed by atoms with Crippen LogP contribution in [0.2, 0.25) is 5.02 Å². The Labute approximate surface area is 171 Å². The summed E-state index contributed by atoms with van der Waals surface area (Å²) in [4.78, 5) is 16.6. The molecule has 2 aromatic carbocycles. The van der Waals surface area contributed by atoms with Gasteiger partial charge in [0.15, 0.2) is 5.82 Å². The first-order chi connectivity index (χ1) is 14.1. The van der Waals surface area contributed by atoms with Gasteiger partial charge in [-0.1, -0.05) is 41.9 Å². The van der Waals surface area contributed by atoms with Crippen LogP contribution in [0.5, 0.6) is 0 Å². The normalized spacial score (nSPS) is 10.7. The van der Waals surface area contributed by atoms with Crippen LogP contribution < -0.4 is 5.32 Å². The molecular formula is C22H16ClFN4O. The van der Waals surface area contributed by atoms with Gasteiger partial charge >= 0.3 is 0 Å². The molecular weight excluding hydrogens is 391 g/mol. The zero-order chi connectivity index (χ0) is 20.2. The van der Waals surface area contributed by atoms with Gasteiger partial charge in [-0.25, -0.2) is 4.39 Å². The van der Waals surface area contributed by atoms with Crippen LogP contribution in [0.25, 0.3) is 22.4 Å². The monoisotopic (exact) mass is 406 g/mol. The van der Waals surface area contributed by atoms with Crippen LogP contribution in [-0.4, -0.2) is 21.1 Å². The molecule has 0 unspecified atom stereocenters. The molecule has 29 heavy (non-hydrogen) atoms. The van der Waals surface area contributed by atoms with E-state index in [0.717, 1.165) is 11.1 Å². The number of hydrogen-bond acceptors (Lipinski definition) is 3. The smallest absolute Gasteiger partial charge is 0.230 e. The lowest BCUT2D eigenvalue weighted by Gasteiger charge is -2.08. The number of amides is 1. The summed E-state index contributed by atoms with van der Waals surface area (Å²) in [6, 6.07) is 17.5. The predicted molar refractivity (Wildman–Crippen MR) is 111 cm³/mol. The summed E-state index contributed by atoms with van der Waals surface area (Å²) in [6.07, 6.45) is 3.53. The molecule has 0 saturated carbocycles. The second kappa shape index (κ2) is 8.24. The Morgan fingerprint density at radius 2 is 1.79 bits per heavy atom. The fourth-order valence-corrected chi connectivity index (χ4v) is 3.23. The first kappa shape index (κ1) is 18.8. The van der Waals surface area contributed by atoms with Crippen molar-refractivity contribution in [2.75, 3.05) is 5.32 Å². The first-order valence-electron chi connectivity index (χ1n) is 8.90. The summed E-state index contributed by atoms with van der Waals surface area (Å²) in [6.45, 7) is 0.